The van der Waals surface area contributed by atoms with E-state index in [2.05, 4.69) is 29.6 Å². The minimum Gasteiger partial charge on any atom is -0.320 e. The minimum absolute atomic E-state index is 0.245. The van der Waals surface area contributed by atoms with E-state index in [1.165, 1.54) is 32.1 Å². The van der Waals surface area contributed by atoms with Crippen LogP contribution >= 0.6 is 0 Å². The van der Waals surface area contributed by atoms with Gasteiger partial charge in [-0.05, 0) is 106 Å². The molecule has 4 fully saturated rings. The van der Waals surface area contributed by atoms with Crippen LogP contribution in [0, 0.1) is 40.4 Å². The molecule has 0 unspecified atom stereocenters. The molecule has 6 nitrogen and oxygen atoms in total. The summed E-state index contributed by atoms with van der Waals surface area (Å²) < 4.78 is 0. The molecule has 0 aromatic carbocycles. The molecule has 0 bridgehead atoms. The largest absolute Gasteiger partial charge is 0.433 e. The third-order valence-electron chi connectivity index (χ3n) is 10.1. The lowest BCUT2D eigenvalue weighted by Crippen LogP contribution is -2.53. The number of nitrogens with zero attached hydrogens (tertiary/aromatic N) is 1. The van der Waals surface area contributed by atoms with Gasteiger partial charge in [-0.25, -0.2) is 4.79 Å². The molecule has 32 heavy (non-hydrogen) atoms. The summed E-state index contributed by atoms with van der Waals surface area (Å²) in [6, 6.07) is 0. The maximum atomic E-state index is 12.1. The Kier molecular flexibility index (Phi) is 7.00. The van der Waals surface area contributed by atoms with E-state index in [0.29, 0.717) is 29.6 Å². The average molecular weight is 446 g/mol. The van der Waals surface area contributed by atoms with Gasteiger partial charge in [0.25, 0.3) is 0 Å². The quantitative estimate of drug-likeness (QED) is 0.263. The molecule has 0 radical (unpaired) electrons. The van der Waals surface area contributed by atoms with Gasteiger partial charge in [-0.1, -0.05) is 19.0 Å². The first-order valence-corrected chi connectivity index (χ1v) is 12.9. The fourth-order valence-electron chi connectivity index (χ4n) is 8.40. The van der Waals surface area contributed by atoms with E-state index >= 15 is 0 Å². The third-order valence-corrected chi connectivity index (χ3v) is 10.1. The van der Waals surface area contributed by atoms with Crippen molar-refractivity contribution in [3.8, 4) is 0 Å². The molecule has 6 heteroatoms. The van der Waals surface area contributed by atoms with Crippen molar-refractivity contribution < 1.29 is 14.4 Å². The Hall–Kier alpha value is -1.43. The van der Waals surface area contributed by atoms with Crippen molar-refractivity contribution in [1.29, 1.82) is 0 Å². The van der Waals surface area contributed by atoms with Gasteiger partial charge in [0.1, 0.15) is 5.78 Å². The second kappa shape index (κ2) is 9.44. The Morgan fingerprint density at radius 1 is 1.06 bits per heavy atom. The number of rotatable bonds is 6. The van der Waals surface area contributed by atoms with Crippen LogP contribution in [0.4, 0.5) is 4.79 Å². The van der Waals surface area contributed by atoms with Crippen LogP contribution in [0.3, 0.4) is 0 Å². The third kappa shape index (κ3) is 4.24. The van der Waals surface area contributed by atoms with E-state index in [-0.39, 0.29) is 5.41 Å². The van der Waals surface area contributed by atoms with Gasteiger partial charge < -0.3 is 10.6 Å². The summed E-state index contributed by atoms with van der Waals surface area (Å²) in [5.74, 6) is 3.76. The fraction of sp³-hybridized carbons (Fsp3) is 0.885. The Morgan fingerprint density at radius 3 is 2.62 bits per heavy atom. The molecule has 0 heterocycles. The highest BCUT2D eigenvalue weighted by molar-refractivity contribution is 5.85. The lowest BCUT2D eigenvalue weighted by Gasteiger charge is -2.60. The van der Waals surface area contributed by atoms with E-state index < -0.39 is 6.09 Å². The first-order chi connectivity index (χ1) is 15.3. The molecule has 0 spiro atoms. The smallest absolute Gasteiger partial charge is 0.320 e. The lowest BCUT2D eigenvalue weighted by atomic mass is 9.44. The molecule has 4 saturated carbocycles. The number of amides is 1. The van der Waals surface area contributed by atoms with Gasteiger partial charge in [0.15, 0.2) is 0 Å². The highest BCUT2D eigenvalue weighted by atomic mass is 16.7. The van der Waals surface area contributed by atoms with Crippen molar-refractivity contribution in [1.82, 2.24) is 10.6 Å². The predicted octanol–water partition coefficient (Wildman–Crippen LogP) is 4.93. The maximum absolute atomic E-state index is 12.1. The summed E-state index contributed by atoms with van der Waals surface area (Å²) in [5, 5.41) is 10.1. The molecule has 0 aromatic heterocycles. The average Bonchev–Trinajstić information content (AvgIpc) is 3.13. The van der Waals surface area contributed by atoms with E-state index in [1.54, 1.807) is 0 Å². The lowest BCUT2D eigenvalue weighted by molar-refractivity contribution is -0.138. The number of Topliss-reactive ketones (excluding diaryl/α,β-unsaturated/α-hetero) is 1. The molecule has 180 valence electrons. The summed E-state index contributed by atoms with van der Waals surface area (Å²) in [5.41, 5.74) is 1.57. The number of carbonyl (C=O) groups excluding carboxylic acids is 2. The Labute approximate surface area is 193 Å². The molecule has 7 atom stereocenters. The highest BCUT2D eigenvalue weighted by Crippen LogP contribution is 2.67. The molecule has 4 rings (SSSR count). The zero-order valence-electron chi connectivity index (χ0n) is 20.5. The highest BCUT2D eigenvalue weighted by Gasteiger charge is 2.60. The summed E-state index contributed by atoms with van der Waals surface area (Å²) in [6.07, 6.45) is 10.5. The van der Waals surface area contributed by atoms with Crippen molar-refractivity contribution >= 4 is 17.6 Å². The van der Waals surface area contributed by atoms with Crippen LogP contribution in [-0.2, 0) is 9.63 Å². The number of hydrogen-bond acceptors (Lipinski definition) is 5. The van der Waals surface area contributed by atoms with Crippen LogP contribution in [0.15, 0.2) is 5.16 Å². The number of fused-ring (bicyclic) bond motifs is 5. The van der Waals surface area contributed by atoms with Crippen LogP contribution in [0.5, 0.6) is 0 Å². The molecule has 4 aliphatic rings. The zero-order valence-corrected chi connectivity index (χ0v) is 20.5. The fourth-order valence-corrected chi connectivity index (χ4v) is 8.40. The van der Waals surface area contributed by atoms with Gasteiger partial charge in [-0.15, -0.1) is 0 Å². The number of ketones is 1. The number of carbonyl (C=O) groups is 2. The van der Waals surface area contributed by atoms with Gasteiger partial charge in [0.2, 0.25) is 0 Å². The Bertz CT molecular complexity index is 753. The van der Waals surface area contributed by atoms with Crippen molar-refractivity contribution in [3.63, 3.8) is 0 Å². The van der Waals surface area contributed by atoms with Crippen LogP contribution in [0.2, 0.25) is 0 Å². The number of hydrogen-bond donors (Lipinski definition) is 2. The van der Waals surface area contributed by atoms with Crippen molar-refractivity contribution in [3.05, 3.63) is 0 Å². The molecule has 0 saturated heterocycles. The summed E-state index contributed by atoms with van der Waals surface area (Å²) >= 11 is 0. The van der Waals surface area contributed by atoms with Crippen LogP contribution < -0.4 is 10.6 Å². The number of nitrogens with one attached hydrogen (secondary N) is 2. The van der Waals surface area contributed by atoms with E-state index in [0.717, 1.165) is 62.1 Å². The first kappa shape index (κ1) is 23.7. The van der Waals surface area contributed by atoms with Gasteiger partial charge in [-0.2, -0.15) is 0 Å². The van der Waals surface area contributed by atoms with Crippen molar-refractivity contribution in [2.45, 2.75) is 85.0 Å². The molecule has 0 aromatic rings. The monoisotopic (exact) mass is 445 g/mol. The molecule has 4 aliphatic carbocycles. The topological polar surface area (TPSA) is 79.8 Å². The normalized spacial score (nSPS) is 41.4. The van der Waals surface area contributed by atoms with Gasteiger partial charge in [0.05, 0.1) is 5.71 Å². The summed E-state index contributed by atoms with van der Waals surface area (Å²) in [6.45, 7) is 8.48. The second-order valence-corrected chi connectivity index (χ2v) is 11.6. The summed E-state index contributed by atoms with van der Waals surface area (Å²) in [7, 11) is 1.90. The second-order valence-electron chi connectivity index (χ2n) is 11.6. The number of oxime groups is 1. The van der Waals surface area contributed by atoms with Gasteiger partial charge in [-0.3, -0.25) is 9.63 Å². The van der Waals surface area contributed by atoms with E-state index in [9.17, 15) is 9.59 Å². The molecule has 1 amide bonds. The molecule has 0 aliphatic heterocycles. The first-order valence-electron chi connectivity index (χ1n) is 12.9. The van der Waals surface area contributed by atoms with Gasteiger partial charge in [0, 0.05) is 25.3 Å². The molecule has 2 N–H and O–H groups in total. The Morgan fingerprint density at radius 2 is 1.84 bits per heavy atom. The van der Waals surface area contributed by atoms with Crippen LogP contribution in [-0.4, -0.2) is 37.7 Å². The van der Waals surface area contributed by atoms with Crippen LogP contribution in [0.1, 0.15) is 85.0 Å². The Balaban J connectivity index is 1.40. The van der Waals surface area contributed by atoms with Gasteiger partial charge >= 0.3 is 6.09 Å². The maximum Gasteiger partial charge on any atom is 0.433 e. The van der Waals surface area contributed by atoms with Crippen LogP contribution in [0.25, 0.3) is 0 Å². The summed E-state index contributed by atoms with van der Waals surface area (Å²) in [4.78, 5) is 29.3. The SMILES string of the molecule is CNCCCNC(=O)O/N=C(\C)[C@H]1CC[C@H]2[C@@H]3CC[C@H]4CC(=O)CC[C@]4(C)[C@H]3CC[C@]12C. The molecular formula is C26H43N3O3. The minimum atomic E-state index is -0.457. The van der Waals surface area contributed by atoms with E-state index in [1.807, 2.05) is 14.0 Å². The van der Waals surface area contributed by atoms with Crippen molar-refractivity contribution in [2.24, 2.45) is 45.6 Å². The standard InChI is InChI=1S/C26H43N3O3/c1-17(29-32-24(31)28-15-5-14-27-4)21-8-9-22-20-7-6-18-16-19(30)10-12-25(18,2)23(20)11-13-26(21,22)3/h18,20-23,27H,5-16H2,1-4H3,(H,28,31)/b29-17+/t18-,20-,21+,22-,23-,25-,26+/m0/s1. The zero-order chi connectivity index (χ0) is 22.9. The molecular weight excluding hydrogens is 402 g/mol. The van der Waals surface area contributed by atoms with Crippen molar-refractivity contribution in [2.75, 3.05) is 20.1 Å². The predicted molar refractivity (Wildman–Crippen MR) is 126 cm³/mol. The van der Waals surface area contributed by atoms with E-state index in [4.69, 9.17) is 4.84 Å².